The number of rotatable bonds is 5. The van der Waals surface area contributed by atoms with Crippen molar-refractivity contribution < 1.29 is 23.0 Å². The summed E-state index contributed by atoms with van der Waals surface area (Å²) in [6.45, 7) is 6.71. The van der Waals surface area contributed by atoms with E-state index in [0.29, 0.717) is 6.42 Å². The third kappa shape index (κ3) is 20.3. The third-order valence-corrected chi connectivity index (χ3v) is 3.61. The number of quaternary nitrogens is 1. The van der Waals surface area contributed by atoms with Crippen LogP contribution in [0.2, 0.25) is 0 Å². The van der Waals surface area contributed by atoms with Crippen molar-refractivity contribution in [3.8, 4) is 0 Å². The van der Waals surface area contributed by atoms with Gasteiger partial charge in [-0.15, -0.1) is 0 Å². The molecule has 0 aliphatic carbocycles. The Balaban J connectivity index is 0. The number of hydrogen-bond acceptors (Lipinski definition) is 4. The van der Waals surface area contributed by atoms with Gasteiger partial charge in [-0.3, -0.25) is 0 Å². The fourth-order valence-electron chi connectivity index (χ4n) is 1.83. The molecule has 0 amide bonds. The van der Waals surface area contributed by atoms with Crippen molar-refractivity contribution >= 4 is 10.1 Å². The Morgan fingerprint density at radius 2 is 1.84 bits per heavy atom. The van der Waals surface area contributed by atoms with Gasteiger partial charge in [0.15, 0.2) is 0 Å². The minimum absolute atomic E-state index is 0.243. The van der Waals surface area contributed by atoms with Gasteiger partial charge in [-0.05, 0) is 12.8 Å². The zero-order valence-corrected chi connectivity index (χ0v) is 13.7. The summed E-state index contributed by atoms with van der Waals surface area (Å²) >= 11 is 0. The standard InChI is InChI=1S/C8H17N.C3H8O3S.C2H6O/c1-2-3-4-8-5-6-9-7-8;1-2-3-7(4,5)6;1-3-2/h8-9H,2-7H2,1H3;2-3H2,1H3,(H,4,5,6);1-2H3. The lowest BCUT2D eigenvalue weighted by molar-refractivity contribution is -0.638. The van der Waals surface area contributed by atoms with Gasteiger partial charge in [-0.1, -0.05) is 26.7 Å². The van der Waals surface area contributed by atoms with Crippen molar-refractivity contribution in [2.75, 3.05) is 33.1 Å². The van der Waals surface area contributed by atoms with Crippen LogP contribution in [0.1, 0.15) is 46.0 Å². The van der Waals surface area contributed by atoms with Crippen LogP contribution in [0.15, 0.2) is 0 Å². The second-order valence-electron chi connectivity index (χ2n) is 4.78. The Kier molecular flexibility index (Phi) is 15.8. The molecular formula is C13H31NO4S. The molecule has 0 aromatic carbocycles. The van der Waals surface area contributed by atoms with E-state index >= 15 is 0 Å². The number of hydrogen-bond donors (Lipinski definition) is 1. The Bertz CT molecular complexity index is 262. The summed E-state index contributed by atoms with van der Waals surface area (Å²) in [5, 5.41) is 2.44. The quantitative estimate of drug-likeness (QED) is 0.766. The molecule has 1 atom stereocenters. The molecule has 118 valence electrons. The molecule has 1 heterocycles. The van der Waals surface area contributed by atoms with Gasteiger partial charge in [-0.2, -0.15) is 0 Å². The maximum absolute atomic E-state index is 9.68. The first-order valence-electron chi connectivity index (χ1n) is 7.06. The molecule has 1 saturated heterocycles. The van der Waals surface area contributed by atoms with E-state index in [4.69, 9.17) is 0 Å². The smallest absolute Gasteiger partial charge is 0.0945 e. The first kappa shape index (κ1) is 21.1. The van der Waals surface area contributed by atoms with Crippen LogP contribution in [-0.2, 0) is 14.9 Å². The predicted molar refractivity (Wildman–Crippen MR) is 77.1 cm³/mol. The Morgan fingerprint density at radius 1 is 1.26 bits per heavy atom. The number of ether oxygens (including phenoxy) is 1. The zero-order valence-electron chi connectivity index (χ0n) is 12.9. The second kappa shape index (κ2) is 14.2. The van der Waals surface area contributed by atoms with Crippen LogP contribution in [0.3, 0.4) is 0 Å². The van der Waals surface area contributed by atoms with E-state index in [1.807, 2.05) is 0 Å². The van der Waals surface area contributed by atoms with Crippen molar-refractivity contribution in [3.63, 3.8) is 0 Å². The summed E-state index contributed by atoms with van der Waals surface area (Å²) in [5.74, 6) is 0.817. The highest BCUT2D eigenvalue weighted by Gasteiger charge is 2.16. The maximum Gasteiger partial charge on any atom is 0.0945 e. The predicted octanol–water partition coefficient (Wildman–Crippen LogP) is 0.964. The van der Waals surface area contributed by atoms with Crippen LogP contribution in [0.5, 0.6) is 0 Å². The van der Waals surface area contributed by atoms with E-state index in [1.54, 1.807) is 21.1 Å². The van der Waals surface area contributed by atoms with Gasteiger partial charge in [0.2, 0.25) is 0 Å². The van der Waals surface area contributed by atoms with Gasteiger partial charge in [-0.25, -0.2) is 8.42 Å². The summed E-state index contributed by atoms with van der Waals surface area (Å²) in [4.78, 5) is 0. The highest BCUT2D eigenvalue weighted by Crippen LogP contribution is 2.11. The van der Waals surface area contributed by atoms with Crippen molar-refractivity contribution in [1.82, 2.24) is 0 Å². The molecule has 1 aliphatic rings. The molecule has 0 spiro atoms. The highest BCUT2D eigenvalue weighted by atomic mass is 32.2. The maximum atomic E-state index is 9.68. The molecule has 0 aromatic rings. The second-order valence-corrected chi connectivity index (χ2v) is 6.30. The molecule has 0 radical (unpaired) electrons. The summed E-state index contributed by atoms with van der Waals surface area (Å²) < 4.78 is 33.3. The molecule has 2 N–H and O–H groups in total. The Morgan fingerprint density at radius 3 is 2.11 bits per heavy atom. The lowest BCUT2D eigenvalue weighted by Gasteiger charge is -2.01. The van der Waals surface area contributed by atoms with Gasteiger partial charge in [0.05, 0.1) is 23.2 Å². The van der Waals surface area contributed by atoms with E-state index < -0.39 is 10.1 Å². The van der Waals surface area contributed by atoms with Gasteiger partial charge in [0.25, 0.3) is 0 Å². The van der Waals surface area contributed by atoms with Crippen LogP contribution in [0.25, 0.3) is 0 Å². The summed E-state index contributed by atoms with van der Waals surface area (Å²) in [6.07, 6.45) is 6.17. The Labute approximate surface area is 118 Å². The number of nitrogens with two attached hydrogens (primary N) is 1. The van der Waals surface area contributed by atoms with Crippen molar-refractivity contribution in [3.05, 3.63) is 0 Å². The average molecular weight is 297 g/mol. The van der Waals surface area contributed by atoms with E-state index in [0.717, 1.165) is 5.92 Å². The summed E-state index contributed by atoms with van der Waals surface area (Å²) in [7, 11) is -0.674. The molecule has 0 bridgehead atoms. The molecule has 5 nitrogen and oxygen atoms in total. The largest absolute Gasteiger partial charge is 0.748 e. The average Bonchev–Trinajstić information content (AvgIpc) is 2.79. The first-order valence-corrected chi connectivity index (χ1v) is 8.64. The molecule has 1 aliphatic heterocycles. The van der Waals surface area contributed by atoms with Gasteiger partial charge >= 0.3 is 0 Å². The molecule has 1 fully saturated rings. The zero-order chi connectivity index (χ0) is 15.1. The van der Waals surface area contributed by atoms with Gasteiger partial charge in [0.1, 0.15) is 0 Å². The van der Waals surface area contributed by atoms with E-state index in [9.17, 15) is 13.0 Å². The minimum atomic E-state index is -3.92. The summed E-state index contributed by atoms with van der Waals surface area (Å²) in [6, 6.07) is 0. The topological polar surface area (TPSA) is 83.0 Å². The normalized spacial score (nSPS) is 18.1. The lowest BCUT2D eigenvalue weighted by Crippen LogP contribution is -2.81. The van der Waals surface area contributed by atoms with Crippen molar-refractivity contribution in [2.45, 2.75) is 46.0 Å². The van der Waals surface area contributed by atoms with E-state index in [2.05, 4.69) is 17.0 Å². The molecule has 0 saturated carbocycles. The van der Waals surface area contributed by atoms with Crippen molar-refractivity contribution in [2.24, 2.45) is 5.92 Å². The fraction of sp³-hybridized carbons (Fsp3) is 1.00. The van der Waals surface area contributed by atoms with E-state index in [-0.39, 0.29) is 5.75 Å². The van der Waals surface area contributed by atoms with Gasteiger partial charge in [0, 0.05) is 32.3 Å². The van der Waals surface area contributed by atoms with E-state index in [1.165, 1.54) is 38.8 Å². The minimum Gasteiger partial charge on any atom is -0.748 e. The Hall–Kier alpha value is -0.170. The third-order valence-electron chi connectivity index (χ3n) is 2.70. The van der Waals surface area contributed by atoms with Crippen LogP contribution < -0.4 is 5.32 Å². The van der Waals surface area contributed by atoms with Crippen molar-refractivity contribution in [1.29, 1.82) is 0 Å². The fourth-order valence-corrected chi connectivity index (χ4v) is 2.33. The molecule has 6 heteroatoms. The molecule has 0 aromatic heterocycles. The molecule has 1 unspecified atom stereocenters. The van der Waals surface area contributed by atoms with Gasteiger partial charge < -0.3 is 14.6 Å². The SMILES string of the molecule is CCCCC1CC[NH2+]C1.CCCS(=O)(=O)[O-].COC. The van der Waals surface area contributed by atoms with Crippen LogP contribution in [0, 0.1) is 5.92 Å². The van der Waals surface area contributed by atoms with Crippen LogP contribution in [-0.4, -0.2) is 46.0 Å². The molecule has 19 heavy (non-hydrogen) atoms. The summed E-state index contributed by atoms with van der Waals surface area (Å²) in [5.41, 5.74) is 0. The number of methoxy groups -OCH3 is 1. The highest BCUT2D eigenvalue weighted by molar-refractivity contribution is 7.85. The van der Waals surface area contributed by atoms with Crippen LogP contribution in [0.4, 0.5) is 0 Å². The lowest BCUT2D eigenvalue weighted by atomic mass is 10.0. The van der Waals surface area contributed by atoms with Crippen LogP contribution >= 0.6 is 0 Å². The molecule has 1 rings (SSSR count). The number of unbranched alkanes of at least 4 members (excludes halogenated alkanes) is 1. The molecular weight excluding hydrogens is 266 g/mol. The first-order chi connectivity index (χ1) is 8.91. The monoisotopic (exact) mass is 297 g/mol.